The lowest BCUT2D eigenvalue weighted by atomic mass is 10.1. The Labute approximate surface area is 149 Å². The molecule has 6 heteroatoms. The normalized spacial score (nSPS) is 20.1. The summed E-state index contributed by atoms with van der Waals surface area (Å²) in [6, 6.07) is 15.7. The fraction of sp³-hybridized carbons (Fsp3) is 0.222. The van der Waals surface area contributed by atoms with Crippen molar-refractivity contribution in [3.05, 3.63) is 70.7 Å². The molecule has 1 saturated heterocycles. The molecule has 2 atom stereocenters. The van der Waals surface area contributed by atoms with Crippen molar-refractivity contribution in [3.63, 3.8) is 0 Å². The van der Waals surface area contributed by atoms with Crippen LogP contribution in [-0.4, -0.2) is 39.1 Å². The number of benzene rings is 2. The van der Waals surface area contributed by atoms with Gasteiger partial charge in [0.1, 0.15) is 6.04 Å². The van der Waals surface area contributed by atoms with E-state index < -0.39 is 12.0 Å². The maximum absolute atomic E-state index is 12.9. The predicted molar refractivity (Wildman–Crippen MR) is 95.4 cm³/mol. The highest BCUT2D eigenvalue weighted by Crippen LogP contribution is 2.34. The van der Waals surface area contributed by atoms with Crippen LogP contribution in [0.2, 0.25) is 5.02 Å². The van der Waals surface area contributed by atoms with Crippen LogP contribution in [0.15, 0.2) is 54.6 Å². The third kappa shape index (κ3) is 3.42. The van der Waals surface area contributed by atoms with Crippen molar-refractivity contribution in [2.45, 2.75) is 17.8 Å². The van der Waals surface area contributed by atoms with E-state index in [0.29, 0.717) is 22.8 Å². The van der Waals surface area contributed by atoms with Crippen molar-refractivity contribution in [2.24, 2.45) is 0 Å². The predicted octanol–water partition coefficient (Wildman–Crippen LogP) is 3.55. The third-order valence-corrected chi connectivity index (χ3v) is 5.59. The van der Waals surface area contributed by atoms with Gasteiger partial charge in [-0.05, 0) is 17.7 Å². The summed E-state index contributed by atoms with van der Waals surface area (Å²) >= 11 is 7.62. The van der Waals surface area contributed by atoms with Crippen molar-refractivity contribution < 1.29 is 14.7 Å². The minimum atomic E-state index is -0.988. The summed E-state index contributed by atoms with van der Waals surface area (Å²) < 4.78 is 0. The van der Waals surface area contributed by atoms with Gasteiger partial charge in [0, 0.05) is 12.2 Å². The second-order valence-corrected chi connectivity index (χ2v) is 7.14. The molecule has 2 aromatic rings. The molecule has 0 radical (unpaired) electrons. The first-order chi connectivity index (χ1) is 11.6. The van der Waals surface area contributed by atoms with Crippen LogP contribution in [0.3, 0.4) is 0 Å². The van der Waals surface area contributed by atoms with Crippen LogP contribution in [-0.2, 0) is 11.2 Å². The number of nitrogens with zero attached hydrogens (tertiary/aromatic N) is 1. The number of carboxylic acid groups (broad SMARTS) is 1. The zero-order valence-corrected chi connectivity index (χ0v) is 14.3. The molecule has 3 rings (SSSR count). The molecule has 0 spiro atoms. The number of hydrogen-bond acceptors (Lipinski definition) is 3. The van der Waals surface area contributed by atoms with Gasteiger partial charge in [0.25, 0.3) is 5.91 Å². The van der Waals surface area contributed by atoms with Gasteiger partial charge in [-0.1, -0.05) is 54.1 Å². The van der Waals surface area contributed by atoms with E-state index in [1.165, 1.54) is 16.7 Å². The topological polar surface area (TPSA) is 57.6 Å². The van der Waals surface area contributed by atoms with E-state index in [1.807, 2.05) is 30.3 Å². The number of rotatable bonds is 4. The molecule has 1 N–H and O–H groups in total. The van der Waals surface area contributed by atoms with Crippen molar-refractivity contribution in [1.29, 1.82) is 0 Å². The standard InChI is InChI=1S/C18H16ClNO3S/c19-14-9-5-4-8-13(14)17(21)20-15(18(22)23)11-24-16(20)10-12-6-2-1-3-7-12/h1-9,15-16H,10-11H2,(H,22,23). The maximum atomic E-state index is 12.9. The first kappa shape index (κ1) is 16.9. The lowest BCUT2D eigenvalue weighted by Gasteiger charge is -2.28. The highest BCUT2D eigenvalue weighted by atomic mass is 35.5. The van der Waals surface area contributed by atoms with E-state index in [-0.39, 0.29) is 11.3 Å². The van der Waals surface area contributed by atoms with E-state index in [0.717, 1.165) is 5.56 Å². The van der Waals surface area contributed by atoms with Crippen LogP contribution in [0.5, 0.6) is 0 Å². The van der Waals surface area contributed by atoms with Gasteiger partial charge in [-0.25, -0.2) is 4.79 Å². The quantitative estimate of drug-likeness (QED) is 0.904. The first-order valence-corrected chi connectivity index (χ1v) is 8.96. The van der Waals surface area contributed by atoms with E-state index in [1.54, 1.807) is 24.3 Å². The van der Waals surface area contributed by atoms with Gasteiger partial charge in [0.15, 0.2) is 0 Å². The number of carbonyl (C=O) groups is 2. The Morgan fingerprint density at radius 2 is 1.79 bits per heavy atom. The number of aliphatic carboxylic acids is 1. The average molecular weight is 362 g/mol. The molecule has 124 valence electrons. The molecule has 0 aromatic heterocycles. The van der Waals surface area contributed by atoms with Crippen LogP contribution in [0.4, 0.5) is 0 Å². The van der Waals surface area contributed by atoms with Gasteiger partial charge in [-0.15, -0.1) is 11.8 Å². The summed E-state index contributed by atoms with van der Waals surface area (Å²) in [5.41, 5.74) is 1.41. The molecule has 1 fully saturated rings. The molecule has 1 aliphatic heterocycles. The minimum absolute atomic E-state index is 0.225. The van der Waals surface area contributed by atoms with Crippen molar-refractivity contribution >= 4 is 35.2 Å². The number of halogens is 1. The van der Waals surface area contributed by atoms with E-state index >= 15 is 0 Å². The van der Waals surface area contributed by atoms with Crippen LogP contribution in [0.25, 0.3) is 0 Å². The number of carbonyl (C=O) groups excluding carboxylic acids is 1. The largest absolute Gasteiger partial charge is 0.480 e. The van der Waals surface area contributed by atoms with Crippen LogP contribution >= 0.6 is 23.4 Å². The molecule has 0 saturated carbocycles. The Balaban J connectivity index is 1.90. The number of amides is 1. The highest BCUT2D eigenvalue weighted by molar-refractivity contribution is 8.00. The molecule has 2 unspecified atom stereocenters. The van der Waals surface area contributed by atoms with Crippen LogP contribution < -0.4 is 0 Å². The lowest BCUT2D eigenvalue weighted by molar-refractivity contribution is -0.141. The van der Waals surface area contributed by atoms with Crippen LogP contribution in [0.1, 0.15) is 15.9 Å². The molecule has 2 aromatic carbocycles. The Kier molecular flexibility index (Phi) is 5.11. The molecule has 1 aliphatic rings. The smallest absolute Gasteiger partial charge is 0.327 e. The fourth-order valence-corrected chi connectivity index (χ4v) is 4.41. The molecule has 0 bridgehead atoms. The second kappa shape index (κ2) is 7.28. The first-order valence-electron chi connectivity index (χ1n) is 7.53. The molecular weight excluding hydrogens is 346 g/mol. The Bertz CT molecular complexity index is 753. The summed E-state index contributed by atoms with van der Waals surface area (Å²) in [5.74, 6) is -0.944. The number of thioether (sulfide) groups is 1. The SMILES string of the molecule is O=C(O)C1CSC(Cc2ccccc2)N1C(=O)c1ccccc1Cl. The lowest BCUT2D eigenvalue weighted by Crippen LogP contribution is -2.46. The van der Waals surface area contributed by atoms with Gasteiger partial charge < -0.3 is 10.0 Å². The third-order valence-electron chi connectivity index (χ3n) is 3.97. The van der Waals surface area contributed by atoms with E-state index in [4.69, 9.17) is 11.6 Å². The minimum Gasteiger partial charge on any atom is -0.480 e. The van der Waals surface area contributed by atoms with Crippen molar-refractivity contribution in [2.75, 3.05) is 5.75 Å². The van der Waals surface area contributed by atoms with Gasteiger partial charge in [0.05, 0.1) is 16.0 Å². The molecular formula is C18H16ClNO3S. The second-order valence-electron chi connectivity index (χ2n) is 5.52. The summed E-state index contributed by atoms with van der Waals surface area (Å²) in [4.78, 5) is 26.0. The molecule has 4 nitrogen and oxygen atoms in total. The highest BCUT2D eigenvalue weighted by Gasteiger charge is 2.42. The molecule has 1 heterocycles. The Morgan fingerprint density at radius 1 is 1.12 bits per heavy atom. The van der Waals surface area contributed by atoms with Gasteiger partial charge in [0.2, 0.25) is 0 Å². The number of carboxylic acids is 1. The fourth-order valence-electron chi connectivity index (χ4n) is 2.77. The summed E-state index contributed by atoms with van der Waals surface area (Å²) in [6.45, 7) is 0. The van der Waals surface area contributed by atoms with Gasteiger partial charge >= 0.3 is 5.97 Å². The molecule has 24 heavy (non-hydrogen) atoms. The molecule has 1 amide bonds. The summed E-state index contributed by atoms with van der Waals surface area (Å²) in [5, 5.41) is 9.60. The zero-order valence-electron chi connectivity index (χ0n) is 12.8. The maximum Gasteiger partial charge on any atom is 0.327 e. The van der Waals surface area contributed by atoms with Gasteiger partial charge in [-0.2, -0.15) is 0 Å². The zero-order chi connectivity index (χ0) is 17.1. The summed E-state index contributed by atoms with van der Waals surface area (Å²) in [7, 11) is 0. The Morgan fingerprint density at radius 3 is 2.46 bits per heavy atom. The number of hydrogen-bond donors (Lipinski definition) is 1. The summed E-state index contributed by atoms with van der Waals surface area (Å²) in [6.07, 6.45) is 0.603. The van der Waals surface area contributed by atoms with E-state index in [9.17, 15) is 14.7 Å². The van der Waals surface area contributed by atoms with Crippen molar-refractivity contribution in [1.82, 2.24) is 4.90 Å². The monoisotopic (exact) mass is 361 g/mol. The van der Waals surface area contributed by atoms with E-state index in [2.05, 4.69) is 0 Å². The molecule has 0 aliphatic carbocycles. The van der Waals surface area contributed by atoms with Crippen LogP contribution in [0, 0.1) is 0 Å². The van der Waals surface area contributed by atoms with Crippen molar-refractivity contribution in [3.8, 4) is 0 Å². The average Bonchev–Trinajstić information content (AvgIpc) is 2.99. The Hall–Kier alpha value is -1.98. The van der Waals surface area contributed by atoms with Gasteiger partial charge in [-0.3, -0.25) is 4.79 Å².